The lowest BCUT2D eigenvalue weighted by atomic mass is 10.2. The summed E-state index contributed by atoms with van der Waals surface area (Å²) in [4.78, 5) is 29.0. The molecule has 0 fully saturated rings. The van der Waals surface area contributed by atoms with Crippen molar-refractivity contribution in [1.82, 2.24) is 25.1 Å². The normalized spacial score (nSPS) is 11.2. The fourth-order valence-electron chi connectivity index (χ4n) is 3.25. The number of benzene rings is 2. The van der Waals surface area contributed by atoms with Gasteiger partial charge in [-0.2, -0.15) is 13.2 Å². The van der Waals surface area contributed by atoms with E-state index in [0.717, 1.165) is 23.9 Å². The largest absolute Gasteiger partial charge is 0.496 e. The smallest absolute Gasteiger partial charge is 0.416 e. The molecule has 0 bridgehead atoms. The Labute approximate surface area is 217 Å². The Morgan fingerprint density at radius 2 is 1.95 bits per heavy atom. The number of thioether (sulfide) groups is 1. The van der Waals surface area contributed by atoms with Gasteiger partial charge in [0.15, 0.2) is 16.1 Å². The van der Waals surface area contributed by atoms with Gasteiger partial charge in [-0.15, -0.1) is 21.5 Å². The average Bonchev–Trinajstić information content (AvgIpc) is 3.55. The maximum atomic E-state index is 13.4. The fourth-order valence-corrected chi connectivity index (χ4v) is 4.56. The second-order valence-electron chi connectivity index (χ2n) is 7.34. The number of aromatic nitrogens is 4. The molecule has 2 aromatic carbocycles. The van der Waals surface area contributed by atoms with Crippen LogP contribution in [0.5, 0.6) is 5.75 Å². The van der Waals surface area contributed by atoms with Gasteiger partial charge in [0.1, 0.15) is 5.75 Å². The SMILES string of the molecule is COc1ccccc1C(=O)NCc1nnc(SCC(=O)Nc2nccs2)n1-c1cccc(C(F)(F)F)c1. The van der Waals surface area contributed by atoms with Crippen LogP contribution < -0.4 is 15.4 Å². The zero-order chi connectivity index (χ0) is 26.4. The van der Waals surface area contributed by atoms with Gasteiger partial charge < -0.3 is 15.4 Å². The molecule has 2 N–H and O–H groups in total. The molecular formula is C23H19F3N6O3S2. The minimum Gasteiger partial charge on any atom is -0.496 e. The van der Waals surface area contributed by atoms with E-state index in [0.29, 0.717) is 10.9 Å². The number of nitrogens with one attached hydrogen (secondary N) is 2. The van der Waals surface area contributed by atoms with Gasteiger partial charge in [-0.05, 0) is 30.3 Å². The lowest BCUT2D eigenvalue weighted by Crippen LogP contribution is -2.25. The van der Waals surface area contributed by atoms with Crippen molar-refractivity contribution in [3.8, 4) is 11.4 Å². The molecule has 9 nitrogen and oxygen atoms in total. The first-order chi connectivity index (χ1) is 17.8. The second-order valence-corrected chi connectivity index (χ2v) is 9.18. The van der Waals surface area contributed by atoms with Gasteiger partial charge in [0, 0.05) is 11.6 Å². The lowest BCUT2D eigenvalue weighted by Gasteiger charge is -2.14. The quantitative estimate of drug-likeness (QED) is 0.298. The summed E-state index contributed by atoms with van der Waals surface area (Å²) in [5.41, 5.74) is -0.451. The Hall–Kier alpha value is -3.91. The Kier molecular flexibility index (Phi) is 8.08. The Morgan fingerprint density at radius 3 is 2.68 bits per heavy atom. The van der Waals surface area contributed by atoms with Crippen molar-refractivity contribution in [2.75, 3.05) is 18.2 Å². The van der Waals surface area contributed by atoms with Crippen LogP contribution in [-0.4, -0.2) is 44.4 Å². The summed E-state index contributed by atoms with van der Waals surface area (Å²) >= 11 is 2.23. The number of para-hydroxylation sites is 1. The van der Waals surface area contributed by atoms with Crippen molar-refractivity contribution in [1.29, 1.82) is 0 Å². The third kappa shape index (κ3) is 6.46. The van der Waals surface area contributed by atoms with Crippen LogP contribution in [0.4, 0.5) is 18.3 Å². The first kappa shape index (κ1) is 26.2. The number of rotatable bonds is 9. The number of hydrogen-bond donors (Lipinski definition) is 2. The highest BCUT2D eigenvalue weighted by molar-refractivity contribution is 7.99. The number of hydrogen-bond acceptors (Lipinski definition) is 8. The van der Waals surface area contributed by atoms with Gasteiger partial charge in [0.2, 0.25) is 5.91 Å². The minimum absolute atomic E-state index is 0.0930. The van der Waals surface area contributed by atoms with Crippen LogP contribution in [0.25, 0.3) is 5.69 Å². The number of amides is 2. The Morgan fingerprint density at radius 1 is 1.14 bits per heavy atom. The molecule has 192 valence electrons. The van der Waals surface area contributed by atoms with E-state index in [-0.39, 0.29) is 40.4 Å². The third-order valence-electron chi connectivity index (χ3n) is 4.90. The van der Waals surface area contributed by atoms with Crippen LogP contribution in [0.2, 0.25) is 0 Å². The molecular weight excluding hydrogens is 529 g/mol. The number of halogens is 3. The van der Waals surface area contributed by atoms with E-state index in [1.165, 1.54) is 35.1 Å². The first-order valence-electron chi connectivity index (χ1n) is 10.6. The van der Waals surface area contributed by atoms with Gasteiger partial charge in [0.25, 0.3) is 5.91 Å². The summed E-state index contributed by atoms with van der Waals surface area (Å²) in [6, 6.07) is 11.2. The van der Waals surface area contributed by atoms with Crippen molar-refractivity contribution in [3.05, 3.63) is 77.1 Å². The number of alkyl halides is 3. The molecule has 4 rings (SSSR count). The minimum atomic E-state index is -4.57. The molecule has 0 saturated heterocycles. The van der Waals surface area contributed by atoms with Crippen molar-refractivity contribution in [3.63, 3.8) is 0 Å². The monoisotopic (exact) mass is 548 g/mol. The topological polar surface area (TPSA) is 111 Å². The van der Waals surface area contributed by atoms with E-state index < -0.39 is 17.6 Å². The number of anilines is 1. The average molecular weight is 549 g/mol. The predicted molar refractivity (Wildman–Crippen MR) is 132 cm³/mol. The Bertz CT molecular complexity index is 1390. The molecule has 0 aliphatic rings. The molecule has 0 radical (unpaired) electrons. The van der Waals surface area contributed by atoms with E-state index in [9.17, 15) is 22.8 Å². The van der Waals surface area contributed by atoms with E-state index in [2.05, 4.69) is 25.8 Å². The van der Waals surface area contributed by atoms with Crippen molar-refractivity contribution < 1.29 is 27.5 Å². The van der Waals surface area contributed by atoms with Gasteiger partial charge in [0.05, 0.1) is 36.2 Å². The van der Waals surface area contributed by atoms with Gasteiger partial charge in [-0.3, -0.25) is 14.2 Å². The number of thiazole rings is 1. The van der Waals surface area contributed by atoms with E-state index >= 15 is 0 Å². The zero-order valence-electron chi connectivity index (χ0n) is 19.2. The summed E-state index contributed by atoms with van der Waals surface area (Å²) in [5.74, 6) is -0.394. The maximum Gasteiger partial charge on any atom is 0.416 e. The van der Waals surface area contributed by atoms with E-state index in [1.807, 2.05) is 0 Å². The van der Waals surface area contributed by atoms with E-state index in [4.69, 9.17) is 4.74 Å². The molecule has 0 unspecified atom stereocenters. The molecule has 0 aliphatic heterocycles. The van der Waals surface area contributed by atoms with Crippen LogP contribution in [-0.2, 0) is 17.5 Å². The van der Waals surface area contributed by atoms with Crippen LogP contribution in [0.15, 0.2) is 65.3 Å². The summed E-state index contributed by atoms with van der Waals surface area (Å²) in [5, 5.41) is 15.8. The van der Waals surface area contributed by atoms with Crippen LogP contribution in [0.1, 0.15) is 21.7 Å². The predicted octanol–water partition coefficient (Wildman–Crippen LogP) is 4.41. The maximum absolute atomic E-state index is 13.4. The highest BCUT2D eigenvalue weighted by Gasteiger charge is 2.31. The number of ether oxygens (including phenoxy) is 1. The second kappa shape index (κ2) is 11.4. The summed E-state index contributed by atoms with van der Waals surface area (Å²) in [7, 11) is 1.44. The number of carbonyl (C=O) groups excluding carboxylic acids is 2. The highest BCUT2D eigenvalue weighted by Crippen LogP contribution is 2.32. The molecule has 14 heteroatoms. The van der Waals surface area contributed by atoms with E-state index in [1.54, 1.807) is 35.8 Å². The number of carbonyl (C=O) groups is 2. The van der Waals surface area contributed by atoms with Crippen molar-refractivity contribution >= 4 is 40.0 Å². The molecule has 2 amide bonds. The summed E-state index contributed by atoms with van der Waals surface area (Å²) in [6.45, 7) is -0.147. The van der Waals surface area contributed by atoms with Gasteiger partial charge in [-0.1, -0.05) is 30.0 Å². The Balaban J connectivity index is 1.59. The fraction of sp³-hybridized carbons (Fsp3) is 0.174. The summed E-state index contributed by atoms with van der Waals surface area (Å²) < 4.78 is 46.7. The van der Waals surface area contributed by atoms with Crippen molar-refractivity contribution in [2.24, 2.45) is 0 Å². The molecule has 0 atom stereocenters. The zero-order valence-corrected chi connectivity index (χ0v) is 20.8. The van der Waals surface area contributed by atoms with Crippen LogP contribution >= 0.6 is 23.1 Å². The standard InChI is InChI=1S/C23H19F3N6O3S2/c1-35-17-8-3-2-7-16(17)20(34)28-12-18-30-31-22(37-13-19(33)29-21-27-9-10-36-21)32(18)15-6-4-5-14(11-15)23(24,25)26/h2-11H,12-13H2,1H3,(H,28,34)(H,27,29,33). The van der Waals surface area contributed by atoms with Gasteiger partial charge in [-0.25, -0.2) is 4.98 Å². The van der Waals surface area contributed by atoms with Gasteiger partial charge >= 0.3 is 6.18 Å². The highest BCUT2D eigenvalue weighted by atomic mass is 32.2. The molecule has 37 heavy (non-hydrogen) atoms. The first-order valence-corrected chi connectivity index (χ1v) is 12.5. The molecule has 4 aromatic rings. The number of nitrogens with zero attached hydrogens (tertiary/aromatic N) is 4. The molecule has 2 heterocycles. The molecule has 0 aliphatic carbocycles. The van der Waals surface area contributed by atoms with Crippen LogP contribution in [0, 0.1) is 0 Å². The van der Waals surface area contributed by atoms with Crippen LogP contribution in [0.3, 0.4) is 0 Å². The van der Waals surface area contributed by atoms with Crippen molar-refractivity contribution in [2.45, 2.75) is 17.9 Å². The molecule has 0 saturated carbocycles. The number of methoxy groups -OCH3 is 1. The summed E-state index contributed by atoms with van der Waals surface area (Å²) in [6.07, 6.45) is -3.02. The lowest BCUT2D eigenvalue weighted by molar-refractivity contribution is -0.137. The third-order valence-corrected chi connectivity index (χ3v) is 6.52. The molecule has 2 aromatic heterocycles. The molecule has 0 spiro atoms.